The van der Waals surface area contributed by atoms with Gasteiger partial charge in [-0.2, -0.15) is 4.31 Å². The molecule has 5 saturated heterocycles. The second-order valence-corrected chi connectivity index (χ2v) is 24.6. The number of fused-ring (bicyclic) bond motifs is 1. The Bertz CT molecular complexity index is 1980. The molecule has 19 nitrogen and oxygen atoms in total. The van der Waals surface area contributed by atoms with Crippen molar-refractivity contribution in [1.29, 1.82) is 0 Å². The number of likely N-dealkylation sites (N-methyl/N-ethyl adjacent to an activating group) is 1. The van der Waals surface area contributed by atoms with Crippen LogP contribution in [-0.4, -0.2) is 157 Å². The Morgan fingerprint density at radius 2 is 1.60 bits per heavy atom. The summed E-state index contributed by atoms with van der Waals surface area (Å²) in [6.45, 7) is 9.47. The zero-order valence-electron chi connectivity index (χ0n) is 40.8. The number of sulfonamides is 1. The predicted molar refractivity (Wildman–Crippen MR) is 257 cm³/mol. The number of hydrogen-bond donors (Lipinski definition) is 7. The predicted octanol–water partition coefficient (Wildman–Crippen LogP) is 0.801. The number of likely N-dealkylation sites (tertiary alicyclic amines) is 1. The molecule has 382 valence electrons. The summed E-state index contributed by atoms with van der Waals surface area (Å²) >= 11 is 1.68. The summed E-state index contributed by atoms with van der Waals surface area (Å²) in [5.74, 6) is -1.14. The molecule has 0 spiro atoms. The van der Waals surface area contributed by atoms with Crippen molar-refractivity contribution in [2.75, 3.05) is 52.1 Å². The molecule has 13 atom stereocenters. The normalized spacial score (nSPS) is 34.9. The van der Waals surface area contributed by atoms with Crippen molar-refractivity contribution in [3.05, 3.63) is 0 Å². The first-order valence-corrected chi connectivity index (χ1v) is 28.1. The SMILES string of the molecule is CC1C(C(=O)NCC(=O)NC2NC(C3CCCC(C4CCNC(N(C)CC(=O)NCCCCCNC5CCCC6C(=O)N(C7CCC(=O)NC7=O)C(=O)C56)C4)C3)CS2)CN(S(=O)(=O)C(C)C)C1C. The minimum atomic E-state index is -3.50. The molecular weight excluding hydrogens is 913 g/mol. The molecule has 0 aromatic rings. The minimum Gasteiger partial charge on any atom is -0.355 e. The van der Waals surface area contributed by atoms with Gasteiger partial charge in [-0.15, -0.1) is 11.8 Å². The molecule has 7 amide bonds. The molecule has 5 heterocycles. The molecule has 68 heavy (non-hydrogen) atoms. The van der Waals surface area contributed by atoms with Gasteiger partial charge in [0.1, 0.15) is 11.5 Å². The van der Waals surface area contributed by atoms with E-state index in [1.807, 2.05) is 20.9 Å². The Labute approximate surface area is 407 Å². The van der Waals surface area contributed by atoms with Crippen molar-refractivity contribution in [2.45, 2.75) is 159 Å². The summed E-state index contributed by atoms with van der Waals surface area (Å²) in [7, 11) is -1.48. The summed E-state index contributed by atoms with van der Waals surface area (Å²) < 4.78 is 27.1. The fourth-order valence-electron chi connectivity index (χ4n) is 12.2. The topological polar surface area (TPSA) is 248 Å². The van der Waals surface area contributed by atoms with Gasteiger partial charge in [-0.25, -0.2) is 8.42 Å². The Balaban J connectivity index is 0.757. The van der Waals surface area contributed by atoms with Crippen molar-refractivity contribution in [3.63, 3.8) is 0 Å². The van der Waals surface area contributed by atoms with Gasteiger partial charge in [-0.3, -0.25) is 54.0 Å². The molecule has 7 fully saturated rings. The van der Waals surface area contributed by atoms with E-state index < -0.39 is 45.0 Å². The summed E-state index contributed by atoms with van der Waals surface area (Å²) in [4.78, 5) is 93.3. The highest BCUT2D eigenvalue weighted by atomic mass is 32.2. The molecule has 0 bridgehead atoms. The Kier molecular flexibility index (Phi) is 18.1. The smallest absolute Gasteiger partial charge is 0.249 e. The molecule has 7 N–H and O–H groups in total. The van der Waals surface area contributed by atoms with Crippen LogP contribution in [0.2, 0.25) is 0 Å². The molecule has 7 rings (SSSR count). The third-order valence-electron chi connectivity index (χ3n) is 16.4. The van der Waals surface area contributed by atoms with Crippen LogP contribution in [-0.2, 0) is 43.6 Å². The number of nitrogens with one attached hydrogen (secondary N) is 7. The fourth-order valence-corrected chi connectivity index (χ4v) is 15.0. The third kappa shape index (κ3) is 12.3. The molecular formula is C47H78N10O9S2. The number of carbonyl (C=O) groups is 7. The molecule has 2 aliphatic carbocycles. The van der Waals surface area contributed by atoms with Crippen LogP contribution in [0.5, 0.6) is 0 Å². The lowest BCUT2D eigenvalue weighted by Gasteiger charge is -2.42. The molecule has 5 aliphatic heterocycles. The maximum atomic E-state index is 13.5. The van der Waals surface area contributed by atoms with Crippen LogP contribution in [0, 0.1) is 41.4 Å². The second kappa shape index (κ2) is 23.3. The van der Waals surface area contributed by atoms with Crippen molar-refractivity contribution in [1.82, 2.24) is 51.3 Å². The van der Waals surface area contributed by atoms with E-state index in [4.69, 9.17) is 0 Å². The van der Waals surface area contributed by atoms with Crippen LogP contribution in [0.4, 0.5) is 0 Å². The van der Waals surface area contributed by atoms with E-state index in [0.29, 0.717) is 43.8 Å². The van der Waals surface area contributed by atoms with E-state index >= 15 is 0 Å². The number of unbranched alkanes of at least 4 members (excludes halogenated alkanes) is 2. The zero-order valence-corrected chi connectivity index (χ0v) is 42.4. The van der Waals surface area contributed by atoms with Gasteiger partial charge in [-0.1, -0.05) is 32.6 Å². The van der Waals surface area contributed by atoms with Gasteiger partial charge in [0.25, 0.3) is 0 Å². The third-order valence-corrected chi connectivity index (χ3v) is 19.9. The second-order valence-electron chi connectivity index (χ2n) is 21.0. The summed E-state index contributed by atoms with van der Waals surface area (Å²) in [5.41, 5.74) is -0.237. The monoisotopic (exact) mass is 991 g/mol. The number of nitrogens with zero attached hydrogens (tertiary/aromatic N) is 3. The Morgan fingerprint density at radius 1 is 0.868 bits per heavy atom. The quantitative estimate of drug-likeness (QED) is 0.0700. The van der Waals surface area contributed by atoms with Crippen LogP contribution in [0.15, 0.2) is 0 Å². The Morgan fingerprint density at radius 3 is 2.37 bits per heavy atom. The van der Waals surface area contributed by atoms with E-state index in [1.54, 1.807) is 25.6 Å². The van der Waals surface area contributed by atoms with Crippen LogP contribution in [0.3, 0.4) is 0 Å². The van der Waals surface area contributed by atoms with Crippen LogP contribution >= 0.6 is 11.8 Å². The lowest BCUT2D eigenvalue weighted by Crippen LogP contribution is -2.55. The van der Waals surface area contributed by atoms with Gasteiger partial charge in [0.15, 0.2) is 0 Å². The van der Waals surface area contributed by atoms with Crippen molar-refractivity contribution in [2.24, 2.45) is 41.4 Å². The molecule has 2 saturated carbocycles. The summed E-state index contributed by atoms with van der Waals surface area (Å²) in [6.07, 6.45) is 12.0. The van der Waals surface area contributed by atoms with Crippen molar-refractivity contribution < 1.29 is 42.0 Å². The largest absolute Gasteiger partial charge is 0.355 e. The number of imide groups is 2. The first-order valence-electron chi connectivity index (χ1n) is 25.5. The first-order chi connectivity index (χ1) is 32.4. The summed E-state index contributed by atoms with van der Waals surface area (Å²) in [5, 5.41) is 21.4. The van der Waals surface area contributed by atoms with Gasteiger partial charge in [0.05, 0.1) is 42.3 Å². The number of piperidine rings is 2. The first kappa shape index (κ1) is 52.6. The number of hydrogen-bond acceptors (Lipinski definition) is 14. The minimum absolute atomic E-state index is 0.00320. The summed E-state index contributed by atoms with van der Waals surface area (Å²) in [6, 6.07) is -1.06. The maximum absolute atomic E-state index is 13.5. The molecule has 0 aromatic carbocycles. The van der Waals surface area contributed by atoms with E-state index in [1.165, 1.54) is 17.1 Å². The molecule has 21 heteroatoms. The molecule has 0 radical (unpaired) electrons. The van der Waals surface area contributed by atoms with E-state index in [-0.39, 0.29) is 97.1 Å². The van der Waals surface area contributed by atoms with E-state index in [2.05, 4.69) is 42.1 Å². The molecule has 13 unspecified atom stereocenters. The van der Waals surface area contributed by atoms with Gasteiger partial charge in [0.2, 0.25) is 51.4 Å². The standard InChI is InChI=1S/C47H78N10O9S2/c1-27(2)68(65,66)56-24-34(28(3)29(56)4)43(61)51-23-40(59)54-47-52-36(26-67-47)32-12-9-11-30(21-32)31-17-20-49-38(22-31)55(5)25-41(60)50-19-8-6-7-18-48-35-14-10-13-33-42(35)46(64)57(45(33)63)37-15-16-39(58)53-44(37)62/h27-38,42,47-49,52H,6-26H2,1-5H3,(H,50,60)(H,51,61)(H,54,59)(H,53,58,62). The average Bonchev–Trinajstić information content (AvgIpc) is 3.98. The highest BCUT2D eigenvalue weighted by Gasteiger charge is 2.55. The van der Waals surface area contributed by atoms with E-state index in [0.717, 1.165) is 75.0 Å². The zero-order chi connectivity index (χ0) is 48.9. The van der Waals surface area contributed by atoms with Gasteiger partial charge >= 0.3 is 0 Å². The van der Waals surface area contributed by atoms with Gasteiger partial charge in [0, 0.05) is 43.4 Å². The lowest BCUT2D eigenvalue weighted by molar-refractivity contribution is -0.151. The fraction of sp³-hybridized carbons (Fsp3) is 0.851. The maximum Gasteiger partial charge on any atom is 0.249 e. The van der Waals surface area contributed by atoms with Crippen molar-refractivity contribution in [3.8, 4) is 0 Å². The van der Waals surface area contributed by atoms with Gasteiger partial charge in [-0.05, 0) is 122 Å². The Hall–Kier alpha value is -3.21. The van der Waals surface area contributed by atoms with Crippen LogP contribution < -0.4 is 37.2 Å². The van der Waals surface area contributed by atoms with Crippen LogP contribution in [0.25, 0.3) is 0 Å². The molecule has 0 aromatic heterocycles. The van der Waals surface area contributed by atoms with Crippen LogP contribution in [0.1, 0.15) is 118 Å². The van der Waals surface area contributed by atoms with E-state index in [9.17, 15) is 42.0 Å². The number of thioether (sulfide) groups is 1. The van der Waals surface area contributed by atoms with Gasteiger partial charge < -0.3 is 26.6 Å². The molecule has 7 aliphatic rings. The number of rotatable bonds is 19. The number of amides is 7. The highest BCUT2D eigenvalue weighted by molar-refractivity contribution is 8.00. The van der Waals surface area contributed by atoms with Crippen molar-refractivity contribution >= 4 is 63.1 Å². The number of carbonyl (C=O) groups excluding carboxylic acids is 7. The highest BCUT2D eigenvalue weighted by Crippen LogP contribution is 2.42. The average molecular weight is 991 g/mol. The lowest BCUT2D eigenvalue weighted by atomic mass is 9.70.